The highest BCUT2D eigenvalue weighted by molar-refractivity contribution is 8.02. The van der Waals surface area contributed by atoms with Gasteiger partial charge >= 0.3 is 0 Å². The molecule has 1 N–H and O–H groups in total. The number of amides is 3. The molecule has 2 bridgehead atoms. The second-order valence-corrected chi connectivity index (χ2v) is 13.1. The zero-order valence-electron chi connectivity index (χ0n) is 25.5. The molecule has 3 aliphatic heterocycles. The number of unbranched alkanes of at least 4 members (excludes halogenated alkanes) is 1. The van der Waals surface area contributed by atoms with Crippen LogP contribution in [0.4, 0.5) is 11.4 Å². The number of fused-ring (bicyclic) bond motifs is 1. The first kappa shape index (κ1) is 32.1. The third-order valence-electron chi connectivity index (χ3n) is 9.15. The number of likely N-dealkylation sites (tertiary alicyclic amines) is 1. The van der Waals surface area contributed by atoms with Gasteiger partial charge in [0.2, 0.25) is 11.8 Å². The Morgan fingerprint density at radius 3 is 2.31 bits per heavy atom. The second-order valence-electron chi connectivity index (χ2n) is 11.5. The smallest absolute Gasteiger partial charge is 0.251 e. The second kappa shape index (κ2) is 14.1. The van der Waals surface area contributed by atoms with Gasteiger partial charge in [-0.1, -0.05) is 19.1 Å². The Balaban J connectivity index is 1.72. The summed E-state index contributed by atoms with van der Waals surface area (Å²) in [5, 5.41) is 9.49. The van der Waals surface area contributed by atoms with Crippen LogP contribution in [0.2, 0.25) is 0 Å². The molecule has 8 nitrogen and oxygen atoms in total. The van der Waals surface area contributed by atoms with E-state index in [1.54, 1.807) is 33.7 Å². The van der Waals surface area contributed by atoms with E-state index in [9.17, 15) is 19.5 Å². The SMILES string of the molecule is C=CCN(CCC)C(=O)[C@@H]1[C@H]2C(=O)N(CCCCO)C(C(=O)N(CC=C)c3ccc(N(CC)CC)cc3)C23CC[C@H]1S3. The van der Waals surface area contributed by atoms with E-state index in [4.69, 9.17) is 0 Å². The van der Waals surface area contributed by atoms with Crippen LogP contribution in [0.15, 0.2) is 49.6 Å². The Morgan fingerprint density at radius 2 is 1.71 bits per heavy atom. The lowest BCUT2D eigenvalue weighted by Crippen LogP contribution is -2.55. The number of carbonyl (C=O) groups is 3. The minimum Gasteiger partial charge on any atom is -0.396 e. The minimum absolute atomic E-state index is 0.00696. The molecule has 5 atom stereocenters. The summed E-state index contributed by atoms with van der Waals surface area (Å²) in [7, 11) is 0. The minimum atomic E-state index is -0.678. The summed E-state index contributed by atoms with van der Waals surface area (Å²) in [6.45, 7) is 17.6. The predicted octanol–water partition coefficient (Wildman–Crippen LogP) is 4.34. The molecule has 3 amide bonds. The molecule has 3 saturated heterocycles. The van der Waals surface area contributed by atoms with Gasteiger partial charge < -0.3 is 24.7 Å². The van der Waals surface area contributed by atoms with Gasteiger partial charge in [-0.25, -0.2) is 0 Å². The number of aliphatic hydroxyl groups excluding tert-OH is 1. The number of anilines is 2. The zero-order valence-corrected chi connectivity index (χ0v) is 26.4. The van der Waals surface area contributed by atoms with Gasteiger partial charge in [0.25, 0.3) is 5.91 Å². The van der Waals surface area contributed by atoms with Gasteiger partial charge in [0.15, 0.2) is 0 Å². The van der Waals surface area contributed by atoms with Crippen molar-refractivity contribution in [3.63, 3.8) is 0 Å². The van der Waals surface area contributed by atoms with Crippen molar-refractivity contribution in [1.29, 1.82) is 0 Å². The quantitative estimate of drug-likeness (QED) is 0.226. The van der Waals surface area contributed by atoms with Crippen molar-refractivity contribution < 1.29 is 19.5 Å². The number of hydrogen-bond donors (Lipinski definition) is 1. The van der Waals surface area contributed by atoms with E-state index in [0.717, 1.165) is 43.7 Å². The van der Waals surface area contributed by atoms with Crippen molar-refractivity contribution in [2.45, 2.75) is 68.9 Å². The molecule has 1 aromatic rings. The number of thioether (sulfide) groups is 1. The van der Waals surface area contributed by atoms with Crippen molar-refractivity contribution in [3.05, 3.63) is 49.6 Å². The Morgan fingerprint density at radius 1 is 1.05 bits per heavy atom. The van der Waals surface area contributed by atoms with Gasteiger partial charge in [-0.2, -0.15) is 0 Å². The molecule has 3 aliphatic rings. The van der Waals surface area contributed by atoms with E-state index in [0.29, 0.717) is 39.0 Å². The highest BCUT2D eigenvalue weighted by atomic mass is 32.2. The van der Waals surface area contributed by atoms with Crippen LogP contribution in [0, 0.1) is 11.8 Å². The van der Waals surface area contributed by atoms with Crippen LogP contribution in [0.1, 0.15) is 52.9 Å². The van der Waals surface area contributed by atoms with Crippen molar-refractivity contribution in [1.82, 2.24) is 9.80 Å². The van der Waals surface area contributed by atoms with Crippen molar-refractivity contribution in [3.8, 4) is 0 Å². The average molecular weight is 597 g/mol. The molecule has 0 aliphatic carbocycles. The molecular formula is C33H48N4O4S. The topological polar surface area (TPSA) is 84.4 Å². The zero-order chi connectivity index (χ0) is 30.4. The summed E-state index contributed by atoms with van der Waals surface area (Å²) >= 11 is 1.70. The van der Waals surface area contributed by atoms with E-state index >= 15 is 0 Å². The monoisotopic (exact) mass is 596 g/mol. The number of rotatable bonds is 16. The summed E-state index contributed by atoms with van der Waals surface area (Å²) in [5.41, 5.74) is 1.86. The van der Waals surface area contributed by atoms with E-state index in [-0.39, 0.29) is 29.6 Å². The summed E-state index contributed by atoms with van der Waals surface area (Å²) in [4.78, 5) is 50.6. The van der Waals surface area contributed by atoms with Crippen molar-refractivity contribution >= 4 is 40.9 Å². The lowest BCUT2D eigenvalue weighted by atomic mass is 9.70. The van der Waals surface area contributed by atoms with Crippen LogP contribution in [-0.4, -0.2) is 94.5 Å². The number of nitrogens with zero attached hydrogens (tertiary/aromatic N) is 4. The molecule has 4 rings (SSSR count). The fourth-order valence-corrected chi connectivity index (χ4v) is 9.51. The number of hydrogen-bond acceptors (Lipinski definition) is 6. The Bertz CT molecular complexity index is 1140. The molecule has 2 unspecified atom stereocenters. The maximum atomic E-state index is 14.7. The molecule has 3 heterocycles. The Hall–Kier alpha value is -2.78. The fraction of sp³-hybridized carbons (Fsp3) is 0.606. The van der Waals surface area contributed by atoms with Crippen molar-refractivity contribution in [2.24, 2.45) is 11.8 Å². The molecule has 42 heavy (non-hydrogen) atoms. The summed E-state index contributed by atoms with van der Waals surface area (Å²) in [5.74, 6) is -1.18. The lowest BCUT2D eigenvalue weighted by Gasteiger charge is -2.37. The van der Waals surface area contributed by atoms with Crippen LogP contribution in [0.3, 0.4) is 0 Å². The third-order valence-corrected chi connectivity index (χ3v) is 11.1. The Kier molecular flexibility index (Phi) is 10.8. The van der Waals surface area contributed by atoms with Gasteiger partial charge in [0.1, 0.15) is 6.04 Å². The highest BCUT2D eigenvalue weighted by Gasteiger charge is 2.74. The lowest BCUT2D eigenvalue weighted by molar-refractivity contribution is -0.143. The standard InChI is InChI=1S/C33H48N4O4S/c1-6-19-35(20-7-2)30(39)27-26-17-18-33(42-26)28(27)31(40)37(22-11-12-23-38)29(33)32(41)36(21-8-3)25-15-13-24(14-16-25)34(9-4)10-5/h6,8,13-16,26-29,38H,1,3,7,9-12,17-23H2,2,4-5H3/t26-,27+,28+,29?,33?/m1/s1. The molecular weight excluding hydrogens is 548 g/mol. The van der Waals surface area contributed by atoms with Crippen LogP contribution in [0.5, 0.6) is 0 Å². The van der Waals surface area contributed by atoms with Crippen LogP contribution >= 0.6 is 11.8 Å². The molecule has 1 spiro atoms. The van der Waals surface area contributed by atoms with Crippen molar-refractivity contribution in [2.75, 3.05) is 55.7 Å². The van der Waals surface area contributed by atoms with Gasteiger partial charge in [-0.05, 0) is 70.2 Å². The van der Waals surface area contributed by atoms with E-state index in [1.807, 2.05) is 36.1 Å². The average Bonchev–Trinajstić information content (AvgIpc) is 3.64. The largest absolute Gasteiger partial charge is 0.396 e. The fourth-order valence-electron chi connectivity index (χ4n) is 7.31. The summed E-state index contributed by atoms with van der Waals surface area (Å²) in [6.07, 6.45) is 6.98. The van der Waals surface area contributed by atoms with E-state index < -0.39 is 22.6 Å². The van der Waals surface area contributed by atoms with E-state index in [2.05, 4.69) is 31.9 Å². The first-order valence-electron chi connectivity index (χ1n) is 15.6. The number of carbonyl (C=O) groups excluding carboxylic acids is 3. The van der Waals surface area contributed by atoms with Gasteiger partial charge in [-0.15, -0.1) is 24.9 Å². The number of benzene rings is 1. The highest BCUT2D eigenvalue weighted by Crippen LogP contribution is 2.66. The maximum absolute atomic E-state index is 14.7. The molecule has 3 fully saturated rings. The Labute approximate surface area is 255 Å². The predicted molar refractivity (Wildman–Crippen MR) is 172 cm³/mol. The van der Waals surface area contributed by atoms with Gasteiger partial charge in [0, 0.05) is 62.5 Å². The van der Waals surface area contributed by atoms with Gasteiger partial charge in [-0.3, -0.25) is 14.4 Å². The third kappa shape index (κ3) is 5.74. The molecule has 1 aromatic carbocycles. The summed E-state index contributed by atoms with van der Waals surface area (Å²) < 4.78 is -0.648. The molecule has 9 heteroatoms. The first-order valence-corrected chi connectivity index (χ1v) is 16.5. The van der Waals surface area contributed by atoms with Crippen LogP contribution in [0.25, 0.3) is 0 Å². The van der Waals surface area contributed by atoms with Gasteiger partial charge in [0.05, 0.1) is 16.6 Å². The first-order chi connectivity index (χ1) is 20.3. The van der Waals surface area contributed by atoms with Crippen LogP contribution < -0.4 is 9.80 Å². The summed E-state index contributed by atoms with van der Waals surface area (Å²) in [6, 6.07) is 7.35. The normalized spacial score (nSPS) is 25.8. The molecule has 0 radical (unpaired) electrons. The van der Waals surface area contributed by atoms with Crippen LogP contribution in [-0.2, 0) is 14.4 Å². The number of aliphatic hydroxyl groups is 1. The maximum Gasteiger partial charge on any atom is 0.251 e. The molecule has 0 aromatic heterocycles. The molecule has 0 saturated carbocycles. The molecule has 230 valence electrons. The van der Waals surface area contributed by atoms with E-state index in [1.165, 1.54) is 0 Å².